The third-order valence-electron chi connectivity index (χ3n) is 7.38. The zero-order valence-corrected chi connectivity index (χ0v) is 19.5. The van der Waals surface area contributed by atoms with E-state index in [9.17, 15) is 9.18 Å². The van der Waals surface area contributed by atoms with E-state index in [0.29, 0.717) is 31.3 Å². The van der Waals surface area contributed by atoms with Crippen molar-refractivity contribution in [2.24, 2.45) is 11.8 Å². The van der Waals surface area contributed by atoms with E-state index in [1.165, 1.54) is 11.6 Å². The molecule has 0 saturated carbocycles. The standard InChI is InChI=1S/C29H27FN4O/c30-27-11-10-21(13-28-25-9-5-4-8-22(25)14-31-32-28)12-26(27)29(35)34-18-23-16-33(17-24(23)19-34)15-20-6-2-1-3-7-20/h1-12,14,23-24H,13,15-19H2. The summed E-state index contributed by atoms with van der Waals surface area (Å²) in [5.41, 5.74) is 3.14. The SMILES string of the molecule is O=C(c1cc(Cc2nncc3ccccc23)ccc1F)N1CC2CN(Cc3ccccc3)CC2C1. The molecule has 2 saturated heterocycles. The van der Waals surface area contributed by atoms with Crippen LogP contribution in [0, 0.1) is 17.7 Å². The lowest BCUT2D eigenvalue weighted by atomic mass is 10.0. The van der Waals surface area contributed by atoms with Gasteiger partial charge in [-0.3, -0.25) is 9.69 Å². The molecule has 35 heavy (non-hydrogen) atoms. The molecule has 1 aromatic heterocycles. The van der Waals surface area contributed by atoms with Crippen molar-refractivity contribution in [3.8, 4) is 0 Å². The van der Waals surface area contributed by atoms with E-state index in [2.05, 4.69) is 39.4 Å². The summed E-state index contributed by atoms with van der Waals surface area (Å²) < 4.78 is 14.8. The topological polar surface area (TPSA) is 49.3 Å². The Bertz CT molecular complexity index is 1360. The van der Waals surface area contributed by atoms with Crippen molar-refractivity contribution in [1.29, 1.82) is 0 Å². The first-order valence-electron chi connectivity index (χ1n) is 12.2. The van der Waals surface area contributed by atoms with Gasteiger partial charge in [0.05, 0.1) is 17.5 Å². The Balaban J connectivity index is 1.15. The lowest BCUT2D eigenvalue weighted by Gasteiger charge is -2.22. The van der Waals surface area contributed by atoms with Crippen LogP contribution in [0.15, 0.2) is 79.0 Å². The van der Waals surface area contributed by atoms with Gasteiger partial charge in [-0.2, -0.15) is 10.2 Å². The van der Waals surface area contributed by atoms with Gasteiger partial charge in [-0.25, -0.2) is 4.39 Å². The van der Waals surface area contributed by atoms with Crippen LogP contribution in [0.3, 0.4) is 0 Å². The fourth-order valence-corrected chi connectivity index (χ4v) is 5.65. The molecule has 0 radical (unpaired) electrons. The predicted molar refractivity (Wildman–Crippen MR) is 133 cm³/mol. The number of amides is 1. The van der Waals surface area contributed by atoms with Crippen LogP contribution in [0.25, 0.3) is 10.8 Å². The van der Waals surface area contributed by atoms with E-state index in [0.717, 1.165) is 41.7 Å². The average molecular weight is 467 g/mol. The lowest BCUT2D eigenvalue weighted by Crippen LogP contribution is -2.33. The smallest absolute Gasteiger partial charge is 0.256 e. The molecule has 1 amide bonds. The summed E-state index contributed by atoms with van der Waals surface area (Å²) in [5, 5.41) is 10.5. The second-order valence-electron chi connectivity index (χ2n) is 9.78. The van der Waals surface area contributed by atoms with Crippen LogP contribution in [-0.4, -0.2) is 52.1 Å². The summed E-state index contributed by atoms with van der Waals surface area (Å²) in [6.07, 6.45) is 2.23. The van der Waals surface area contributed by atoms with Gasteiger partial charge in [0.1, 0.15) is 5.82 Å². The van der Waals surface area contributed by atoms with Crippen molar-refractivity contribution in [2.75, 3.05) is 26.2 Å². The fourth-order valence-electron chi connectivity index (χ4n) is 5.65. The minimum Gasteiger partial charge on any atom is -0.338 e. The predicted octanol–water partition coefficient (Wildman–Crippen LogP) is 4.56. The van der Waals surface area contributed by atoms with Crippen LogP contribution in [-0.2, 0) is 13.0 Å². The van der Waals surface area contributed by atoms with Gasteiger partial charge in [0.15, 0.2) is 0 Å². The summed E-state index contributed by atoms with van der Waals surface area (Å²) in [6, 6.07) is 23.3. The Morgan fingerprint density at radius 3 is 2.43 bits per heavy atom. The Labute approximate surface area is 204 Å². The number of nitrogens with zero attached hydrogens (tertiary/aromatic N) is 4. The molecule has 6 heteroatoms. The van der Waals surface area contributed by atoms with Crippen LogP contribution in [0.2, 0.25) is 0 Å². The number of rotatable bonds is 5. The lowest BCUT2D eigenvalue weighted by molar-refractivity contribution is 0.0768. The van der Waals surface area contributed by atoms with Gasteiger partial charge < -0.3 is 4.90 Å². The number of fused-ring (bicyclic) bond motifs is 2. The van der Waals surface area contributed by atoms with E-state index in [1.54, 1.807) is 18.3 Å². The summed E-state index contributed by atoms with van der Waals surface area (Å²) in [5.74, 6) is 0.211. The molecule has 0 bridgehead atoms. The van der Waals surface area contributed by atoms with Crippen molar-refractivity contribution in [3.63, 3.8) is 0 Å². The molecule has 2 atom stereocenters. The highest BCUT2D eigenvalue weighted by molar-refractivity contribution is 5.95. The molecule has 0 N–H and O–H groups in total. The zero-order chi connectivity index (χ0) is 23.8. The Kier molecular flexibility index (Phi) is 5.74. The van der Waals surface area contributed by atoms with E-state index < -0.39 is 5.82 Å². The van der Waals surface area contributed by atoms with E-state index in [-0.39, 0.29) is 11.5 Å². The first kappa shape index (κ1) is 21.9. The van der Waals surface area contributed by atoms with Crippen molar-refractivity contribution >= 4 is 16.7 Å². The van der Waals surface area contributed by atoms with Gasteiger partial charge in [-0.1, -0.05) is 60.7 Å². The second-order valence-corrected chi connectivity index (χ2v) is 9.78. The summed E-state index contributed by atoms with van der Waals surface area (Å²) >= 11 is 0. The molecule has 2 aliphatic heterocycles. The number of hydrogen-bond acceptors (Lipinski definition) is 4. The van der Waals surface area contributed by atoms with Gasteiger partial charge in [0, 0.05) is 49.9 Å². The molecule has 4 aromatic rings. The number of carbonyl (C=O) groups excluding carboxylic acids is 1. The molecule has 0 spiro atoms. The quantitative estimate of drug-likeness (QED) is 0.433. The van der Waals surface area contributed by atoms with Crippen LogP contribution >= 0.6 is 0 Å². The minimum atomic E-state index is -0.467. The maximum Gasteiger partial charge on any atom is 0.256 e. The van der Waals surface area contributed by atoms with E-state index >= 15 is 0 Å². The molecule has 6 rings (SSSR count). The fraction of sp³-hybridized carbons (Fsp3) is 0.276. The van der Waals surface area contributed by atoms with Gasteiger partial charge >= 0.3 is 0 Å². The first-order chi connectivity index (χ1) is 17.1. The van der Waals surface area contributed by atoms with E-state index in [1.807, 2.05) is 35.2 Å². The molecular weight excluding hydrogens is 439 g/mol. The molecule has 0 aliphatic carbocycles. The third-order valence-corrected chi connectivity index (χ3v) is 7.38. The van der Waals surface area contributed by atoms with Crippen molar-refractivity contribution in [1.82, 2.24) is 20.0 Å². The Morgan fingerprint density at radius 2 is 1.63 bits per heavy atom. The van der Waals surface area contributed by atoms with Gasteiger partial charge in [0.2, 0.25) is 0 Å². The number of carbonyl (C=O) groups is 1. The largest absolute Gasteiger partial charge is 0.338 e. The molecule has 3 heterocycles. The Hall–Kier alpha value is -3.64. The number of benzene rings is 3. The minimum absolute atomic E-state index is 0.150. The Morgan fingerprint density at radius 1 is 0.886 bits per heavy atom. The van der Waals surface area contributed by atoms with Crippen LogP contribution in [0.5, 0.6) is 0 Å². The van der Waals surface area contributed by atoms with Crippen LogP contribution in [0.4, 0.5) is 4.39 Å². The van der Waals surface area contributed by atoms with Gasteiger partial charge in [0.25, 0.3) is 5.91 Å². The monoisotopic (exact) mass is 466 g/mol. The van der Waals surface area contributed by atoms with Crippen molar-refractivity contribution < 1.29 is 9.18 Å². The molecule has 176 valence electrons. The summed E-state index contributed by atoms with van der Waals surface area (Å²) in [4.78, 5) is 17.6. The number of halogens is 1. The molecule has 2 aliphatic rings. The zero-order valence-electron chi connectivity index (χ0n) is 19.5. The maximum atomic E-state index is 14.8. The van der Waals surface area contributed by atoms with Crippen LogP contribution in [0.1, 0.15) is 27.2 Å². The summed E-state index contributed by atoms with van der Waals surface area (Å²) in [6.45, 7) is 4.27. The van der Waals surface area contributed by atoms with Gasteiger partial charge in [-0.05, 0) is 35.1 Å². The van der Waals surface area contributed by atoms with Gasteiger partial charge in [-0.15, -0.1) is 0 Å². The van der Waals surface area contributed by atoms with Crippen molar-refractivity contribution in [3.05, 3.63) is 107 Å². The number of aromatic nitrogens is 2. The molecule has 3 aromatic carbocycles. The third kappa shape index (κ3) is 4.42. The first-order valence-corrected chi connectivity index (χ1v) is 12.2. The highest BCUT2D eigenvalue weighted by atomic mass is 19.1. The number of likely N-dealkylation sites (tertiary alicyclic amines) is 2. The highest BCUT2D eigenvalue weighted by Crippen LogP contribution is 2.33. The summed E-state index contributed by atoms with van der Waals surface area (Å²) in [7, 11) is 0. The molecule has 2 fully saturated rings. The highest BCUT2D eigenvalue weighted by Gasteiger charge is 2.41. The normalized spacial score (nSPS) is 19.9. The molecule has 5 nitrogen and oxygen atoms in total. The van der Waals surface area contributed by atoms with Crippen molar-refractivity contribution in [2.45, 2.75) is 13.0 Å². The number of hydrogen-bond donors (Lipinski definition) is 0. The second kappa shape index (κ2) is 9.19. The average Bonchev–Trinajstić information content (AvgIpc) is 3.44. The molecular formula is C29H27FN4O. The molecule has 2 unspecified atom stereocenters. The van der Waals surface area contributed by atoms with Crippen LogP contribution < -0.4 is 0 Å². The van der Waals surface area contributed by atoms with E-state index in [4.69, 9.17) is 0 Å². The maximum absolute atomic E-state index is 14.8.